The van der Waals surface area contributed by atoms with E-state index in [1.165, 1.54) is 0 Å². The first-order valence-corrected chi connectivity index (χ1v) is 6.59. The van der Waals surface area contributed by atoms with Crippen LogP contribution in [0.3, 0.4) is 0 Å². The van der Waals surface area contributed by atoms with Gasteiger partial charge in [0, 0.05) is 12.2 Å². The fourth-order valence-electron chi connectivity index (χ4n) is 1.89. The zero-order chi connectivity index (χ0) is 13.5. The van der Waals surface area contributed by atoms with E-state index in [0.29, 0.717) is 19.8 Å². The third-order valence-electron chi connectivity index (χ3n) is 2.88. The molecule has 112 valence electrons. The molecule has 2 N–H and O–H groups in total. The summed E-state index contributed by atoms with van der Waals surface area (Å²) in [5.74, 6) is -0.152. The lowest BCUT2D eigenvalue weighted by Gasteiger charge is -2.22. The molecule has 1 heterocycles. The molecule has 2 rings (SSSR count). The van der Waals surface area contributed by atoms with Gasteiger partial charge in [-0.2, -0.15) is 0 Å². The number of amides is 1. The Balaban J connectivity index is 0.00000200. The van der Waals surface area contributed by atoms with Gasteiger partial charge in [0.25, 0.3) is 5.91 Å². The first-order valence-electron chi connectivity index (χ1n) is 6.59. The summed E-state index contributed by atoms with van der Waals surface area (Å²) in [6, 6.07) is 7.79. The molecule has 0 aliphatic carbocycles. The fourth-order valence-corrected chi connectivity index (χ4v) is 1.89. The van der Waals surface area contributed by atoms with Crippen LogP contribution >= 0.6 is 12.4 Å². The van der Waals surface area contributed by atoms with E-state index in [9.17, 15) is 4.79 Å². The van der Waals surface area contributed by atoms with Gasteiger partial charge in [0.2, 0.25) is 0 Å². The van der Waals surface area contributed by atoms with E-state index in [-0.39, 0.29) is 18.3 Å². The SMILES string of the molecule is CCNCc1cccc(NC(=O)C2COCCO2)c1.Cl. The second kappa shape index (κ2) is 8.92. The highest BCUT2D eigenvalue weighted by molar-refractivity contribution is 5.94. The van der Waals surface area contributed by atoms with Gasteiger partial charge < -0.3 is 20.1 Å². The number of anilines is 1. The summed E-state index contributed by atoms with van der Waals surface area (Å²) in [4.78, 5) is 12.0. The lowest BCUT2D eigenvalue weighted by atomic mass is 10.2. The molecule has 0 radical (unpaired) electrons. The number of benzene rings is 1. The van der Waals surface area contributed by atoms with Crippen molar-refractivity contribution < 1.29 is 14.3 Å². The van der Waals surface area contributed by atoms with Gasteiger partial charge in [-0.15, -0.1) is 12.4 Å². The Morgan fingerprint density at radius 2 is 2.25 bits per heavy atom. The maximum atomic E-state index is 12.0. The van der Waals surface area contributed by atoms with Crippen molar-refractivity contribution in [2.75, 3.05) is 31.7 Å². The highest BCUT2D eigenvalue weighted by Gasteiger charge is 2.22. The first-order chi connectivity index (χ1) is 9.29. The molecule has 20 heavy (non-hydrogen) atoms. The molecule has 1 aromatic carbocycles. The van der Waals surface area contributed by atoms with Gasteiger partial charge in [-0.3, -0.25) is 4.79 Å². The Labute approximate surface area is 125 Å². The van der Waals surface area contributed by atoms with Crippen LogP contribution in [0.1, 0.15) is 12.5 Å². The molecule has 1 amide bonds. The van der Waals surface area contributed by atoms with Crippen molar-refractivity contribution in [3.63, 3.8) is 0 Å². The number of hydrogen-bond acceptors (Lipinski definition) is 4. The molecule has 0 saturated carbocycles. The van der Waals surface area contributed by atoms with Crippen LogP contribution in [0.2, 0.25) is 0 Å². The van der Waals surface area contributed by atoms with Crippen molar-refractivity contribution in [1.29, 1.82) is 0 Å². The molecule has 1 aliphatic rings. The van der Waals surface area contributed by atoms with Crippen LogP contribution in [-0.2, 0) is 20.8 Å². The second-order valence-electron chi connectivity index (χ2n) is 4.40. The Morgan fingerprint density at radius 1 is 1.40 bits per heavy atom. The summed E-state index contributed by atoms with van der Waals surface area (Å²) < 4.78 is 10.6. The van der Waals surface area contributed by atoms with Crippen molar-refractivity contribution in [1.82, 2.24) is 5.32 Å². The van der Waals surface area contributed by atoms with Crippen LogP contribution in [0.25, 0.3) is 0 Å². The third-order valence-corrected chi connectivity index (χ3v) is 2.88. The van der Waals surface area contributed by atoms with E-state index in [0.717, 1.165) is 24.3 Å². The first kappa shape index (κ1) is 16.9. The average Bonchev–Trinajstić information content (AvgIpc) is 2.46. The molecular weight excluding hydrogens is 280 g/mol. The topological polar surface area (TPSA) is 59.6 Å². The maximum absolute atomic E-state index is 12.0. The summed E-state index contributed by atoms with van der Waals surface area (Å²) in [5.41, 5.74) is 1.93. The largest absolute Gasteiger partial charge is 0.376 e. The smallest absolute Gasteiger partial charge is 0.255 e. The standard InChI is InChI=1S/C14H20N2O3.ClH/c1-2-15-9-11-4-3-5-12(8-11)16-14(17)13-10-18-6-7-19-13;/h3-5,8,13,15H,2,6-7,9-10H2,1H3,(H,16,17);1H. The Hall–Kier alpha value is -1.14. The molecule has 1 saturated heterocycles. The Kier molecular flexibility index (Phi) is 7.54. The molecule has 0 spiro atoms. The van der Waals surface area contributed by atoms with Gasteiger partial charge in [-0.25, -0.2) is 0 Å². The zero-order valence-electron chi connectivity index (χ0n) is 11.6. The number of carbonyl (C=O) groups is 1. The molecule has 1 aliphatic heterocycles. The monoisotopic (exact) mass is 300 g/mol. The molecule has 1 aromatic rings. The summed E-state index contributed by atoms with van der Waals surface area (Å²) >= 11 is 0. The fraction of sp³-hybridized carbons (Fsp3) is 0.500. The predicted octanol–water partition coefficient (Wildman–Crippen LogP) is 1.57. The molecule has 1 unspecified atom stereocenters. The van der Waals surface area contributed by atoms with Crippen molar-refractivity contribution >= 4 is 24.0 Å². The van der Waals surface area contributed by atoms with Gasteiger partial charge >= 0.3 is 0 Å². The highest BCUT2D eigenvalue weighted by atomic mass is 35.5. The van der Waals surface area contributed by atoms with Gasteiger partial charge in [0.1, 0.15) is 0 Å². The highest BCUT2D eigenvalue weighted by Crippen LogP contribution is 2.12. The normalized spacial score (nSPS) is 18.1. The van der Waals surface area contributed by atoms with E-state index in [1.807, 2.05) is 24.3 Å². The molecular formula is C14H21ClN2O3. The average molecular weight is 301 g/mol. The summed E-state index contributed by atoms with van der Waals surface area (Å²) in [7, 11) is 0. The Morgan fingerprint density at radius 3 is 2.95 bits per heavy atom. The lowest BCUT2D eigenvalue weighted by molar-refractivity contribution is -0.142. The number of nitrogens with one attached hydrogen (secondary N) is 2. The van der Waals surface area contributed by atoms with Gasteiger partial charge in [-0.1, -0.05) is 19.1 Å². The van der Waals surface area contributed by atoms with Crippen molar-refractivity contribution in [3.8, 4) is 0 Å². The molecule has 5 nitrogen and oxygen atoms in total. The number of halogens is 1. The minimum Gasteiger partial charge on any atom is -0.376 e. The van der Waals surface area contributed by atoms with E-state index in [4.69, 9.17) is 9.47 Å². The maximum Gasteiger partial charge on any atom is 0.255 e. The summed E-state index contributed by atoms with van der Waals surface area (Å²) in [6.45, 7) is 5.13. The number of hydrogen-bond donors (Lipinski definition) is 2. The predicted molar refractivity (Wildman–Crippen MR) is 80.3 cm³/mol. The second-order valence-corrected chi connectivity index (χ2v) is 4.40. The van der Waals surface area contributed by atoms with Gasteiger partial charge in [-0.05, 0) is 24.2 Å². The number of rotatable bonds is 5. The zero-order valence-corrected chi connectivity index (χ0v) is 12.4. The van der Waals surface area contributed by atoms with Crippen LogP contribution < -0.4 is 10.6 Å². The Bertz CT molecular complexity index is 423. The molecule has 0 aromatic heterocycles. The third kappa shape index (κ3) is 5.09. The van der Waals surface area contributed by atoms with Crippen LogP contribution in [0.4, 0.5) is 5.69 Å². The van der Waals surface area contributed by atoms with Crippen molar-refractivity contribution in [3.05, 3.63) is 29.8 Å². The van der Waals surface area contributed by atoms with E-state index in [2.05, 4.69) is 17.6 Å². The summed E-state index contributed by atoms with van der Waals surface area (Å²) in [5, 5.41) is 6.11. The molecule has 0 bridgehead atoms. The van der Waals surface area contributed by atoms with Gasteiger partial charge in [0.15, 0.2) is 6.10 Å². The van der Waals surface area contributed by atoms with Crippen LogP contribution in [0.5, 0.6) is 0 Å². The number of ether oxygens (including phenoxy) is 2. The minimum absolute atomic E-state index is 0. The van der Waals surface area contributed by atoms with Crippen LogP contribution in [0, 0.1) is 0 Å². The van der Waals surface area contributed by atoms with Crippen LogP contribution in [-0.4, -0.2) is 38.4 Å². The van der Waals surface area contributed by atoms with Gasteiger partial charge in [0.05, 0.1) is 19.8 Å². The van der Waals surface area contributed by atoms with E-state index < -0.39 is 6.10 Å². The minimum atomic E-state index is -0.508. The number of carbonyl (C=O) groups excluding carboxylic acids is 1. The lowest BCUT2D eigenvalue weighted by Crippen LogP contribution is -2.39. The van der Waals surface area contributed by atoms with E-state index in [1.54, 1.807) is 0 Å². The molecule has 1 fully saturated rings. The summed E-state index contributed by atoms with van der Waals surface area (Å²) in [6.07, 6.45) is -0.508. The molecule has 1 atom stereocenters. The van der Waals surface area contributed by atoms with Crippen molar-refractivity contribution in [2.24, 2.45) is 0 Å². The quantitative estimate of drug-likeness (QED) is 0.867. The van der Waals surface area contributed by atoms with E-state index >= 15 is 0 Å². The van der Waals surface area contributed by atoms with Crippen molar-refractivity contribution in [2.45, 2.75) is 19.6 Å². The van der Waals surface area contributed by atoms with Crippen LogP contribution in [0.15, 0.2) is 24.3 Å². The molecule has 6 heteroatoms.